The molecule has 2 aromatic rings. The van der Waals surface area contributed by atoms with Gasteiger partial charge in [0, 0.05) is 22.7 Å². The Morgan fingerprint density at radius 2 is 1.88 bits per heavy atom. The van der Waals surface area contributed by atoms with Crippen molar-refractivity contribution in [1.29, 1.82) is 0 Å². The minimum Gasteiger partial charge on any atom is -0.324 e. The number of hydrogen-bond acceptors (Lipinski definition) is 6. The van der Waals surface area contributed by atoms with E-state index < -0.39 is 34.1 Å². The van der Waals surface area contributed by atoms with Gasteiger partial charge in [-0.05, 0) is 50.9 Å². The molecule has 1 spiro atoms. The Bertz CT molecular complexity index is 1340. The maximum absolute atomic E-state index is 14.0. The molecule has 0 radical (unpaired) electrons. The Hall–Kier alpha value is -3.30. The highest BCUT2D eigenvalue weighted by Crippen LogP contribution is 2.61. The molecule has 9 nitrogen and oxygen atoms in total. The average Bonchev–Trinajstić information content (AvgIpc) is 3.50. The summed E-state index contributed by atoms with van der Waals surface area (Å²) >= 11 is 6.32. The van der Waals surface area contributed by atoms with Gasteiger partial charge >= 0.3 is 0 Å². The lowest BCUT2D eigenvalue weighted by Gasteiger charge is -2.36. The van der Waals surface area contributed by atoms with Crippen LogP contribution in [-0.2, 0) is 19.9 Å². The number of nitrogens with zero attached hydrogens (tertiary/aromatic N) is 3. The molecule has 0 unspecified atom stereocenters. The molecular formula is C24H21ClN4O5. The smallest absolute Gasteiger partial charge is 0.274 e. The third-order valence-corrected chi connectivity index (χ3v) is 8.49. The van der Waals surface area contributed by atoms with E-state index in [-0.39, 0.29) is 28.9 Å². The van der Waals surface area contributed by atoms with Crippen LogP contribution in [0.15, 0.2) is 30.3 Å². The third kappa shape index (κ3) is 2.31. The lowest BCUT2D eigenvalue weighted by Crippen LogP contribution is -2.54. The molecule has 3 saturated heterocycles. The normalized spacial score (nSPS) is 29.6. The zero-order valence-electron chi connectivity index (χ0n) is 18.5. The standard InChI is InChI=1S/C24H21ClN4O5/c1-11-14(25)9-8-13-20(11)26-23(32)24(13)19-18(17-7-4-10-27(17)24)21(30)28(22(19)31)15-5-3-6-16(12(15)2)29(33)34/h3,5-6,8-9,17-19H,4,7,10H2,1-2H3,(H,26,32)/t17-,18-,19+,24-/m1/s1. The molecule has 6 rings (SSSR count). The van der Waals surface area contributed by atoms with Gasteiger partial charge in [0.25, 0.3) is 5.69 Å². The predicted octanol–water partition coefficient (Wildman–Crippen LogP) is 3.30. The molecule has 0 bridgehead atoms. The van der Waals surface area contributed by atoms with Crippen LogP contribution in [0, 0.1) is 35.8 Å². The van der Waals surface area contributed by atoms with E-state index in [0.29, 0.717) is 34.8 Å². The first-order valence-electron chi connectivity index (χ1n) is 11.2. The summed E-state index contributed by atoms with van der Waals surface area (Å²) in [6.45, 7) is 3.94. The molecule has 4 aliphatic heterocycles. The Morgan fingerprint density at radius 1 is 1.12 bits per heavy atom. The largest absolute Gasteiger partial charge is 0.324 e. The fourth-order valence-corrected chi connectivity index (χ4v) is 6.84. The molecule has 4 atom stereocenters. The van der Waals surface area contributed by atoms with Crippen LogP contribution >= 0.6 is 11.6 Å². The number of hydrogen-bond donors (Lipinski definition) is 1. The van der Waals surface area contributed by atoms with Crippen LogP contribution in [0.5, 0.6) is 0 Å². The van der Waals surface area contributed by atoms with Crippen LogP contribution in [0.4, 0.5) is 17.1 Å². The van der Waals surface area contributed by atoms with Gasteiger partial charge in [-0.15, -0.1) is 0 Å². The molecule has 0 saturated carbocycles. The summed E-state index contributed by atoms with van der Waals surface area (Å²) in [6.07, 6.45) is 1.50. The second kappa shape index (κ2) is 6.86. The summed E-state index contributed by atoms with van der Waals surface area (Å²) in [5, 5.41) is 14.9. The summed E-state index contributed by atoms with van der Waals surface area (Å²) in [7, 11) is 0. The van der Waals surface area contributed by atoms with E-state index in [1.807, 2.05) is 11.8 Å². The van der Waals surface area contributed by atoms with Crippen molar-refractivity contribution < 1.29 is 19.3 Å². The molecule has 1 N–H and O–H groups in total. The number of fused-ring (bicyclic) bond motifs is 7. The molecule has 0 aromatic heterocycles. The first-order valence-corrected chi connectivity index (χ1v) is 11.6. The minimum absolute atomic E-state index is 0.165. The number of carbonyl (C=O) groups excluding carboxylic acids is 3. The van der Waals surface area contributed by atoms with E-state index in [9.17, 15) is 24.5 Å². The van der Waals surface area contributed by atoms with Gasteiger partial charge in [0.1, 0.15) is 5.54 Å². The van der Waals surface area contributed by atoms with Crippen LogP contribution in [0.25, 0.3) is 0 Å². The van der Waals surface area contributed by atoms with Crippen molar-refractivity contribution in [1.82, 2.24) is 4.90 Å². The average molecular weight is 481 g/mol. The van der Waals surface area contributed by atoms with Crippen molar-refractivity contribution in [3.8, 4) is 0 Å². The maximum Gasteiger partial charge on any atom is 0.274 e. The Morgan fingerprint density at radius 3 is 2.62 bits per heavy atom. The quantitative estimate of drug-likeness (QED) is 0.401. The van der Waals surface area contributed by atoms with Crippen LogP contribution in [0.2, 0.25) is 5.02 Å². The van der Waals surface area contributed by atoms with E-state index in [1.54, 1.807) is 18.2 Å². The topological polar surface area (TPSA) is 113 Å². The molecule has 3 fully saturated rings. The number of nitro groups is 1. The Labute approximate surface area is 199 Å². The van der Waals surface area contributed by atoms with Crippen molar-refractivity contribution in [2.45, 2.75) is 38.3 Å². The number of imide groups is 1. The lowest BCUT2D eigenvalue weighted by molar-refractivity contribution is -0.385. The van der Waals surface area contributed by atoms with Gasteiger partial charge in [0.05, 0.1) is 33.7 Å². The number of benzene rings is 2. The summed E-state index contributed by atoms with van der Waals surface area (Å²) in [5.41, 5.74) is 0.932. The highest BCUT2D eigenvalue weighted by atomic mass is 35.5. The molecule has 4 heterocycles. The van der Waals surface area contributed by atoms with E-state index in [0.717, 1.165) is 11.3 Å². The summed E-state index contributed by atoms with van der Waals surface area (Å²) in [5.74, 6) is -2.86. The van der Waals surface area contributed by atoms with Gasteiger partial charge in [-0.2, -0.15) is 0 Å². The number of halogens is 1. The Balaban J connectivity index is 1.56. The van der Waals surface area contributed by atoms with Gasteiger partial charge in [-0.1, -0.05) is 23.7 Å². The van der Waals surface area contributed by atoms with E-state index in [4.69, 9.17) is 11.6 Å². The van der Waals surface area contributed by atoms with Crippen molar-refractivity contribution in [2.24, 2.45) is 11.8 Å². The first kappa shape index (κ1) is 21.2. The molecule has 34 heavy (non-hydrogen) atoms. The van der Waals surface area contributed by atoms with Crippen LogP contribution in [0.3, 0.4) is 0 Å². The molecule has 10 heteroatoms. The molecular weight excluding hydrogens is 460 g/mol. The second-order valence-corrected chi connectivity index (χ2v) is 9.82. The van der Waals surface area contributed by atoms with Crippen LogP contribution in [0.1, 0.15) is 29.5 Å². The van der Waals surface area contributed by atoms with Crippen molar-refractivity contribution in [2.75, 3.05) is 16.8 Å². The monoisotopic (exact) mass is 480 g/mol. The number of carbonyl (C=O) groups is 3. The third-order valence-electron chi connectivity index (χ3n) is 8.08. The number of nitrogens with one attached hydrogen (secondary N) is 1. The van der Waals surface area contributed by atoms with E-state index >= 15 is 0 Å². The highest BCUT2D eigenvalue weighted by Gasteiger charge is 2.74. The molecule has 2 aromatic carbocycles. The van der Waals surface area contributed by atoms with Gasteiger partial charge < -0.3 is 5.32 Å². The van der Waals surface area contributed by atoms with Crippen molar-refractivity contribution >= 4 is 46.4 Å². The zero-order chi connectivity index (χ0) is 24.1. The number of rotatable bonds is 2. The second-order valence-electron chi connectivity index (χ2n) is 9.41. The van der Waals surface area contributed by atoms with Crippen LogP contribution < -0.4 is 10.2 Å². The van der Waals surface area contributed by atoms with Crippen molar-refractivity contribution in [3.05, 3.63) is 62.2 Å². The SMILES string of the molecule is Cc1c(N2C(=O)[C@@H]3[C@H]4CCCN4[C@@]4(C(=O)Nc5c4ccc(Cl)c5C)[C@@H]3C2=O)cccc1[N+](=O)[O-]. The summed E-state index contributed by atoms with van der Waals surface area (Å²) in [6, 6.07) is 7.59. The van der Waals surface area contributed by atoms with Gasteiger partial charge in [0.15, 0.2) is 0 Å². The maximum atomic E-state index is 14.0. The number of amides is 3. The van der Waals surface area contributed by atoms with Crippen LogP contribution in [-0.4, -0.2) is 40.1 Å². The Kier molecular flexibility index (Phi) is 4.29. The number of nitro benzene ring substituents is 1. The molecule has 3 amide bonds. The molecule has 4 aliphatic rings. The molecule has 0 aliphatic carbocycles. The van der Waals surface area contributed by atoms with Gasteiger partial charge in [0.2, 0.25) is 17.7 Å². The van der Waals surface area contributed by atoms with Crippen molar-refractivity contribution in [3.63, 3.8) is 0 Å². The number of anilines is 2. The minimum atomic E-state index is -1.31. The van der Waals surface area contributed by atoms with E-state index in [1.165, 1.54) is 19.1 Å². The predicted molar refractivity (Wildman–Crippen MR) is 124 cm³/mol. The first-order chi connectivity index (χ1) is 16.2. The fourth-order valence-electron chi connectivity index (χ4n) is 6.68. The lowest BCUT2D eigenvalue weighted by atomic mass is 9.75. The fraction of sp³-hybridized carbons (Fsp3) is 0.375. The highest BCUT2D eigenvalue weighted by molar-refractivity contribution is 6.32. The zero-order valence-corrected chi connectivity index (χ0v) is 19.3. The van der Waals surface area contributed by atoms with Gasteiger partial charge in [-0.3, -0.25) is 29.4 Å². The summed E-state index contributed by atoms with van der Waals surface area (Å²) < 4.78 is 0. The van der Waals surface area contributed by atoms with E-state index in [2.05, 4.69) is 5.32 Å². The molecule has 174 valence electrons. The summed E-state index contributed by atoms with van der Waals surface area (Å²) in [4.78, 5) is 55.6. The van der Waals surface area contributed by atoms with Gasteiger partial charge in [-0.25, -0.2) is 4.90 Å².